The Morgan fingerprint density at radius 3 is 2.05 bits per heavy atom. The summed E-state index contributed by atoms with van der Waals surface area (Å²) in [4.78, 5) is 12.1. The molecule has 0 amide bonds. The number of carbonyl (C=O) groups excluding carboxylic acids is 1. The molecule has 0 fully saturated rings. The number of phenolic OH excluding ortho intramolecular Hbond substituents is 1. The minimum atomic E-state index is -0.0936. The van der Waals surface area contributed by atoms with Crippen molar-refractivity contribution in [3.8, 4) is 11.5 Å². The van der Waals surface area contributed by atoms with E-state index in [-0.39, 0.29) is 11.5 Å². The maximum Gasteiger partial charge on any atom is 0.193 e. The van der Waals surface area contributed by atoms with E-state index in [2.05, 4.69) is 0 Å². The summed E-state index contributed by atoms with van der Waals surface area (Å²) in [6, 6.07) is 13.1. The molecule has 0 atom stereocenters. The Bertz CT molecular complexity index is 547. The zero-order valence-electron chi connectivity index (χ0n) is 10.2. The fourth-order valence-corrected chi connectivity index (χ4v) is 1.72. The topological polar surface area (TPSA) is 46.5 Å². The molecule has 0 radical (unpaired) electrons. The molecule has 98 valence electrons. The molecule has 0 aromatic heterocycles. The SMILES string of the molecule is O=C(c1ccc(O)cc1)c1ccc(OCCCl)cc1. The lowest BCUT2D eigenvalue weighted by Gasteiger charge is -2.05. The number of hydrogen-bond donors (Lipinski definition) is 1. The van der Waals surface area contributed by atoms with Gasteiger partial charge >= 0.3 is 0 Å². The molecule has 1 N–H and O–H groups in total. The van der Waals surface area contributed by atoms with E-state index >= 15 is 0 Å². The average Bonchev–Trinajstić information content (AvgIpc) is 2.46. The van der Waals surface area contributed by atoms with Crippen molar-refractivity contribution in [3.05, 3.63) is 59.7 Å². The van der Waals surface area contributed by atoms with Crippen molar-refractivity contribution >= 4 is 17.4 Å². The molecule has 19 heavy (non-hydrogen) atoms. The lowest BCUT2D eigenvalue weighted by atomic mass is 10.0. The van der Waals surface area contributed by atoms with Gasteiger partial charge in [0, 0.05) is 11.1 Å². The minimum absolute atomic E-state index is 0.0936. The first-order valence-electron chi connectivity index (χ1n) is 5.83. The summed E-state index contributed by atoms with van der Waals surface area (Å²) in [5, 5.41) is 9.19. The molecule has 0 unspecified atom stereocenters. The first-order chi connectivity index (χ1) is 9.20. The van der Waals surface area contributed by atoms with E-state index in [1.54, 1.807) is 36.4 Å². The number of ether oxygens (including phenoxy) is 1. The van der Waals surface area contributed by atoms with Gasteiger partial charge in [-0.25, -0.2) is 0 Å². The van der Waals surface area contributed by atoms with Crippen LogP contribution < -0.4 is 4.74 Å². The predicted octanol–water partition coefficient (Wildman–Crippen LogP) is 3.24. The van der Waals surface area contributed by atoms with E-state index < -0.39 is 0 Å². The largest absolute Gasteiger partial charge is 0.508 e. The highest BCUT2D eigenvalue weighted by atomic mass is 35.5. The van der Waals surface area contributed by atoms with Crippen LogP contribution in [0.3, 0.4) is 0 Å². The van der Waals surface area contributed by atoms with Crippen molar-refractivity contribution in [2.45, 2.75) is 0 Å². The number of benzene rings is 2. The van der Waals surface area contributed by atoms with E-state index in [0.717, 1.165) is 0 Å². The van der Waals surface area contributed by atoms with Crippen LogP contribution in [0.1, 0.15) is 15.9 Å². The van der Waals surface area contributed by atoms with Gasteiger partial charge in [0.2, 0.25) is 0 Å². The van der Waals surface area contributed by atoms with Gasteiger partial charge in [-0.3, -0.25) is 4.79 Å². The second-order valence-corrected chi connectivity index (χ2v) is 4.32. The number of carbonyl (C=O) groups is 1. The number of halogens is 1. The molecule has 0 spiro atoms. The van der Waals surface area contributed by atoms with E-state index in [1.165, 1.54) is 12.1 Å². The van der Waals surface area contributed by atoms with Gasteiger partial charge in [-0.2, -0.15) is 0 Å². The molecule has 4 heteroatoms. The van der Waals surface area contributed by atoms with Crippen LogP contribution in [0.4, 0.5) is 0 Å². The molecule has 0 saturated heterocycles. The summed E-state index contributed by atoms with van der Waals surface area (Å²) < 4.78 is 5.34. The Labute approximate surface area is 116 Å². The molecule has 0 heterocycles. The van der Waals surface area contributed by atoms with Gasteiger partial charge in [-0.1, -0.05) is 0 Å². The Hall–Kier alpha value is -2.00. The molecular formula is C15H13ClO3. The normalized spacial score (nSPS) is 10.2. The Kier molecular flexibility index (Phi) is 4.42. The minimum Gasteiger partial charge on any atom is -0.508 e. The zero-order chi connectivity index (χ0) is 13.7. The number of aromatic hydroxyl groups is 1. The smallest absolute Gasteiger partial charge is 0.193 e. The van der Waals surface area contributed by atoms with Crippen molar-refractivity contribution in [2.75, 3.05) is 12.5 Å². The number of rotatable bonds is 5. The summed E-state index contributed by atoms with van der Waals surface area (Å²) in [7, 11) is 0. The third kappa shape index (κ3) is 3.48. The predicted molar refractivity (Wildman–Crippen MR) is 74.2 cm³/mol. The summed E-state index contributed by atoms with van der Waals surface area (Å²) in [6.07, 6.45) is 0. The van der Waals surface area contributed by atoms with Crippen LogP contribution in [0.25, 0.3) is 0 Å². The van der Waals surface area contributed by atoms with E-state index in [1.807, 2.05) is 0 Å². The molecule has 3 nitrogen and oxygen atoms in total. The maximum absolute atomic E-state index is 12.1. The number of hydrogen-bond acceptors (Lipinski definition) is 3. The van der Waals surface area contributed by atoms with Crippen molar-refractivity contribution < 1.29 is 14.6 Å². The molecule has 0 saturated carbocycles. The van der Waals surface area contributed by atoms with Crippen LogP contribution in [0.5, 0.6) is 11.5 Å². The van der Waals surface area contributed by atoms with Gasteiger partial charge in [0.25, 0.3) is 0 Å². The first kappa shape index (κ1) is 13.4. The fourth-order valence-electron chi connectivity index (χ4n) is 1.64. The number of phenols is 1. The standard InChI is InChI=1S/C15H13ClO3/c16-9-10-19-14-7-3-12(4-8-14)15(18)11-1-5-13(17)6-2-11/h1-8,17H,9-10H2. The fraction of sp³-hybridized carbons (Fsp3) is 0.133. The van der Waals surface area contributed by atoms with Gasteiger partial charge in [0.05, 0.1) is 5.88 Å². The second-order valence-electron chi connectivity index (χ2n) is 3.94. The quantitative estimate of drug-likeness (QED) is 0.674. The third-order valence-corrected chi connectivity index (χ3v) is 2.75. The van der Waals surface area contributed by atoms with Gasteiger partial charge in [-0.15, -0.1) is 11.6 Å². The first-order valence-corrected chi connectivity index (χ1v) is 6.37. The van der Waals surface area contributed by atoms with E-state index in [9.17, 15) is 9.90 Å². The molecule has 0 aliphatic rings. The maximum atomic E-state index is 12.1. The van der Waals surface area contributed by atoms with Crippen molar-refractivity contribution in [3.63, 3.8) is 0 Å². The lowest BCUT2D eigenvalue weighted by Crippen LogP contribution is -2.02. The zero-order valence-corrected chi connectivity index (χ0v) is 10.9. The molecule has 0 aliphatic carbocycles. The van der Waals surface area contributed by atoms with E-state index in [4.69, 9.17) is 16.3 Å². The second kappa shape index (κ2) is 6.25. The number of ketones is 1. The van der Waals surface area contributed by atoms with Crippen molar-refractivity contribution in [2.24, 2.45) is 0 Å². The Morgan fingerprint density at radius 2 is 1.53 bits per heavy atom. The van der Waals surface area contributed by atoms with Crippen LogP contribution in [0.2, 0.25) is 0 Å². The highest BCUT2D eigenvalue weighted by Gasteiger charge is 2.08. The molecule has 2 rings (SSSR count). The van der Waals surface area contributed by atoms with Crippen molar-refractivity contribution in [1.82, 2.24) is 0 Å². The highest BCUT2D eigenvalue weighted by molar-refractivity contribution is 6.18. The molecular weight excluding hydrogens is 264 g/mol. The van der Waals surface area contributed by atoms with Crippen LogP contribution >= 0.6 is 11.6 Å². The summed E-state index contributed by atoms with van der Waals surface area (Å²) in [6.45, 7) is 0.437. The monoisotopic (exact) mass is 276 g/mol. The Balaban J connectivity index is 2.13. The highest BCUT2D eigenvalue weighted by Crippen LogP contribution is 2.17. The van der Waals surface area contributed by atoms with Crippen molar-refractivity contribution in [1.29, 1.82) is 0 Å². The molecule has 0 bridgehead atoms. The summed E-state index contributed by atoms with van der Waals surface area (Å²) in [5.74, 6) is 1.15. The lowest BCUT2D eigenvalue weighted by molar-refractivity contribution is 0.103. The van der Waals surface area contributed by atoms with E-state index in [0.29, 0.717) is 29.4 Å². The Morgan fingerprint density at radius 1 is 1.00 bits per heavy atom. The van der Waals surface area contributed by atoms with Crippen LogP contribution in [-0.4, -0.2) is 23.4 Å². The molecule has 2 aromatic rings. The molecule has 0 aliphatic heterocycles. The van der Waals surface area contributed by atoms with Gasteiger partial charge in [0.15, 0.2) is 5.78 Å². The summed E-state index contributed by atoms with van der Waals surface area (Å²) in [5.41, 5.74) is 1.11. The van der Waals surface area contributed by atoms with Gasteiger partial charge in [-0.05, 0) is 48.5 Å². The van der Waals surface area contributed by atoms with Gasteiger partial charge in [0.1, 0.15) is 18.1 Å². The number of alkyl halides is 1. The van der Waals surface area contributed by atoms with Crippen LogP contribution in [0.15, 0.2) is 48.5 Å². The average molecular weight is 277 g/mol. The van der Waals surface area contributed by atoms with Crippen LogP contribution in [0, 0.1) is 0 Å². The molecule has 2 aromatic carbocycles. The third-order valence-electron chi connectivity index (χ3n) is 2.59. The summed E-state index contributed by atoms with van der Waals surface area (Å²) >= 11 is 5.53. The van der Waals surface area contributed by atoms with Gasteiger partial charge < -0.3 is 9.84 Å². The van der Waals surface area contributed by atoms with Crippen LogP contribution in [-0.2, 0) is 0 Å².